The van der Waals surface area contributed by atoms with E-state index in [2.05, 4.69) is 26.1 Å². The highest BCUT2D eigenvalue weighted by Crippen LogP contribution is 2.32. The van der Waals surface area contributed by atoms with Gasteiger partial charge in [-0.3, -0.25) is 9.29 Å². The Morgan fingerprint density at radius 1 is 1.39 bits per heavy atom. The molecular weight excluding hydrogens is 319 g/mol. The fourth-order valence-corrected chi connectivity index (χ4v) is 3.02. The van der Waals surface area contributed by atoms with E-state index in [-0.39, 0.29) is 12.7 Å². The summed E-state index contributed by atoms with van der Waals surface area (Å²) in [6.07, 6.45) is 0.496. The molecule has 1 saturated heterocycles. The molecule has 0 amide bonds. The summed E-state index contributed by atoms with van der Waals surface area (Å²) in [7, 11) is 0. The molecule has 100 valence electrons. The molecule has 1 aromatic rings. The minimum Gasteiger partial charge on any atom is -0.314 e. The van der Waals surface area contributed by atoms with Crippen molar-refractivity contribution in [3.63, 3.8) is 0 Å². The molecule has 0 aromatic heterocycles. The molecule has 1 N–H and O–H groups in total. The Labute approximate surface area is 121 Å². The Bertz CT molecular complexity index is 397. The van der Waals surface area contributed by atoms with Gasteiger partial charge in [0.05, 0.1) is 6.67 Å². The number of nitrogens with one attached hydrogen (secondary N) is 1. The third-order valence-corrected chi connectivity index (χ3v) is 4.13. The third-order valence-electron chi connectivity index (χ3n) is 3.29. The van der Waals surface area contributed by atoms with Gasteiger partial charge >= 0.3 is 0 Å². The molecule has 0 saturated carbocycles. The Balaban J connectivity index is 2.24. The molecule has 1 heterocycles. The highest BCUT2D eigenvalue weighted by molar-refractivity contribution is 9.10. The summed E-state index contributed by atoms with van der Waals surface area (Å²) in [5, 5.41) is 4.03. The van der Waals surface area contributed by atoms with Gasteiger partial charge < -0.3 is 5.32 Å². The largest absolute Gasteiger partial charge is 0.314 e. The van der Waals surface area contributed by atoms with Crippen LogP contribution in [0.1, 0.15) is 18.0 Å². The van der Waals surface area contributed by atoms with Crippen molar-refractivity contribution in [2.45, 2.75) is 12.5 Å². The first-order valence-electron chi connectivity index (χ1n) is 6.18. The Morgan fingerprint density at radius 3 is 2.78 bits per heavy atom. The van der Waals surface area contributed by atoms with Gasteiger partial charge in [0.2, 0.25) is 0 Å². The van der Waals surface area contributed by atoms with E-state index in [1.165, 1.54) is 0 Å². The average Bonchev–Trinajstić information content (AvgIpc) is 2.40. The molecular formula is C13H17BrClFN2. The first kappa shape index (κ1) is 14.3. The number of alkyl halides is 1. The van der Waals surface area contributed by atoms with Gasteiger partial charge in [-0.1, -0.05) is 27.5 Å². The summed E-state index contributed by atoms with van der Waals surface area (Å²) in [6, 6.07) is 5.86. The van der Waals surface area contributed by atoms with Crippen molar-refractivity contribution >= 4 is 27.5 Å². The number of hydrogen-bond donors (Lipinski definition) is 1. The molecule has 1 aliphatic rings. The number of nitrogens with zero attached hydrogens (tertiary/aromatic N) is 1. The predicted octanol–water partition coefficient (Wildman–Crippen LogP) is 3.41. The Hall–Kier alpha value is -0.160. The van der Waals surface area contributed by atoms with Gasteiger partial charge in [0.1, 0.15) is 0 Å². The number of benzene rings is 1. The Morgan fingerprint density at radius 2 is 2.11 bits per heavy atom. The van der Waals surface area contributed by atoms with Crippen LogP contribution in [0.15, 0.2) is 22.7 Å². The van der Waals surface area contributed by atoms with Crippen molar-refractivity contribution in [1.29, 1.82) is 0 Å². The molecule has 2 nitrogen and oxygen atoms in total. The monoisotopic (exact) mass is 334 g/mol. The van der Waals surface area contributed by atoms with Crippen molar-refractivity contribution in [2.24, 2.45) is 0 Å². The molecule has 1 aromatic carbocycles. The SMILES string of the molecule is FCC[C@@H](c1cc(Br)ccc1Cl)N1CCNCC1. The van der Waals surface area contributed by atoms with Gasteiger partial charge in [0.15, 0.2) is 0 Å². The van der Waals surface area contributed by atoms with Crippen molar-refractivity contribution in [3.8, 4) is 0 Å². The van der Waals surface area contributed by atoms with Crippen LogP contribution >= 0.6 is 27.5 Å². The van der Waals surface area contributed by atoms with E-state index in [9.17, 15) is 4.39 Å². The molecule has 0 radical (unpaired) electrons. The van der Waals surface area contributed by atoms with Gasteiger partial charge in [-0.25, -0.2) is 0 Å². The average molecular weight is 336 g/mol. The fraction of sp³-hybridized carbons (Fsp3) is 0.538. The lowest BCUT2D eigenvalue weighted by atomic mass is 10.0. The van der Waals surface area contributed by atoms with Gasteiger partial charge in [0.25, 0.3) is 0 Å². The van der Waals surface area contributed by atoms with Gasteiger partial charge in [-0.05, 0) is 30.2 Å². The molecule has 0 unspecified atom stereocenters. The maximum atomic E-state index is 12.8. The van der Waals surface area contributed by atoms with E-state index >= 15 is 0 Å². The molecule has 0 aliphatic carbocycles. The van der Waals surface area contributed by atoms with Crippen molar-refractivity contribution in [1.82, 2.24) is 10.2 Å². The van der Waals surface area contributed by atoms with Crippen molar-refractivity contribution < 1.29 is 4.39 Å². The fourth-order valence-electron chi connectivity index (χ4n) is 2.40. The summed E-state index contributed by atoms with van der Waals surface area (Å²) in [5.74, 6) is 0. The second-order valence-corrected chi connectivity index (χ2v) is 5.77. The van der Waals surface area contributed by atoms with E-state index in [0.29, 0.717) is 6.42 Å². The van der Waals surface area contributed by atoms with Crippen LogP contribution in [-0.4, -0.2) is 37.8 Å². The van der Waals surface area contributed by atoms with Crippen LogP contribution < -0.4 is 5.32 Å². The maximum Gasteiger partial charge on any atom is 0.0912 e. The standard InChI is InChI=1S/C13H17BrClFN2/c14-10-1-2-12(15)11(9-10)13(3-4-16)18-7-5-17-6-8-18/h1-2,9,13,17H,3-8H2/t13-/m0/s1. The summed E-state index contributed by atoms with van der Waals surface area (Å²) in [4.78, 5) is 2.31. The van der Waals surface area contributed by atoms with Crippen LogP contribution in [0.25, 0.3) is 0 Å². The van der Waals surface area contributed by atoms with E-state index in [1.54, 1.807) is 0 Å². The molecule has 18 heavy (non-hydrogen) atoms. The van der Waals surface area contributed by atoms with Crippen molar-refractivity contribution in [2.75, 3.05) is 32.9 Å². The first-order valence-corrected chi connectivity index (χ1v) is 7.35. The number of rotatable bonds is 4. The number of halogens is 3. The summed E-state index contributed by atoms with van der Waals surface area (Å²) >= 11 is 9.72. The zero-order valence-electron chi connectivity index (χ0n) is 10.1. The third kappa shape index (κ3) is 3.44. The molecule has 0 bridgehead atoms. The first-order chi connectivity index (χ1) is 8.72. The van der Waals surface area contributed by atoms with E-state index in [0.717, 1.165) is 41.2 Å². The van der Waals surface area contributed by atoms with E-state index in [1.807, 2.05) is 18.2 Å². The van der Waals surface area contributed by atoms with Crippen LogP contribution in [0.2, 0.25) is 5.02 Å². The van der Waals surface area contributed by atoms with Gasteiger partial charge in [0, 0.05) is 41.7 Å². The van der Waals surface area contributed by atoms with Gasteiger partial charge in [-0.2, -0.15) is 0 Å². The molecule has 1 fully saturated rings. The van der Waals surface area contributed by atoms with Crippen LogP contribution in [0.4, 0.5) is 4.39 Å². The second-order valence-electron chi connectivity index (χ2n) is 4.45. The minimum absolute atomic E-state index is 0.0714. The lowest BCUT2D eigenvalue weighted by Crippen LogP contribution is -2.45. The van der Waals surface area contributed by atoms with Crippen LogP contribution in [0, 0.1) is 0 Å². The van der Waals surface area contributed by atoms with Crippen molar-refractivity contribution in [3.05, 3.63) is 33.3 Å². The van der Waals surface area contributed by atoms with E-state index in [4.69, 9.17) is 11.6 Å². The topological polar surface area (TPSA) is 15.3 Å². The molecule has 5 heteroatoms. The summed E-state index contributed by atoms with van der Waals surface area (Å²) in [5.41, 5.74) is 1.02. The van der Waals surface area contributed by atoms with E-state index < -0.39 is 0 Å². The number of piperazine rings is 1. The smallest absolute Gasteiger partial charge is 0.0912 e. The molecule has 1 atom stereocenters. The molecule has 0 spiro atoms. The van der Waals surface area contributed by atoms with Crippen LogP contribution in [0.5, 0.6) is 0 Å². The second kappa shape index (κ2) is 6.85. The maximum absolute atomic E-state index is 12.8. The van der Waals surface area contributed by atoms with Gasteiger partial charge in [-0.15, -0.1) is 0 Å². The zero-order chi connectivity index (χ0) is 13.0. The number of hydrogen-bond acceptors (Lipinski definition) is 2. The normalized spacial score (nSPS) is 18.8. The van der Waals surface area contributed by atoms with Crippen LogP contribution in [-0.2, 0) is 0 Å². The predicted molar refractivity (Wildman–Crippen MR) is 76.9 cm³/mol. The molecule has 2 rings (SSSR count). The summed E-state index contributed by atoms with van der Waals surface area (Å²) < 4.78 is 13.8. The lowest BCUT2D eigenvalue weighted by Gasteiger charge is -2.35. The highest BCUT2D eigenvalue weighted by atomic mass is 79.9. The molecule has 1 aliphatic heterocycles. The highest BCUT2D eigenvalue weighted by Gasteiger charge is 2.23. The lowest BCUT2D eigenvalue weighted by molar-refractivity contribution is 0.157. The summed E-state index contributed by atoms with van der Waals surface area (Å²) in [6.45, 7) is 3.46. The minimum atomic E-state index is -0.322. The Kier molecular flexibility index (Phi) is 5.42. The zero-order valence-corrected chi connectivity index (χ0v) is 12.5. The van der Waals surface area contributed by atoms with Crippen LogP contribution in [0.3, 0.4) is 0 Å². The quantitative estimate of drug-likeness (QED) is 0.907.